The smallest absolute Gasteiger partial charge is 0.291 e. The number of nitrogens with two attached hydrogens (primary N) is 1. The van der Waals surface area contributed by atoms with E-state index in [2.05, 4.69) is 5.32 Å². The Morgan fingerprint density at radius 2 is 1.96 bits per heavy atom. The van der Waals surface area contributed by atoms with Gasteiger partial charge in [0.25, 0.3) is 5.91 Å². The number of ether oxygens (including phenoxy) is 1. The number of anilines is 1. The molecule has 3 rings (SSSR count). The van der Waals surface area contributed by atoms with E-state index in [1.54, 1.807) is 44.4 Å². The van der Waals surface area contributed by atoms with Crippen LogP contribution < -0.4 is 15.8 Å². The Hall–Kier alpha value is -3.28. The zero-order valence-corrected chi connectivity index (χ0v) is 13.3. The van der Waals surface area contributed by atoms with E-state index < -0.39 is 11.8 Å². The molecule has 2 aromatic carbocycles. The monoisotopic (exact) mass is 324 g/mol. The van der Waals surface area contributed by atoms with Crippen LogP contribution in [-0.4, -0.2) is 18.9 Å². The lowest BCUT2D eigenvalue weighted by molar-refractivity contribution is 0.0989. The van der Waals surface area contributed by atoms with Crippen molar-refractivity contribution in [1.82, 2.24) is 0 Å². The average molecular weight is 324 g/mol. The van der Waals surface area contributed by atoms with Gasteiger partial charge in [-0.3, -0.25) is 9.59 Å². The molecule has 0 saturated carbocycles. The van der Waals surface area contributed by atoms with Gasteiger partial charge in [0, 0.05) is 22.2 Å². The van der Waals surface area contributed by atoms with Gasteiger partial charge in [-0.1, -0.05) is 6.07 Å². The third-order valence-electron chi connectivity index (χ3n) is 3.75. The molecule has 0 aliphatic rings. The Kier molecular flexibility index (Phi) is 3.95. The van der Waals surface area contributed by atoms with Gasteiger partial charge in [0.15, 0.2) is 5.76 Å². The molecule has 0 saturated heterocycles. The number of primary amides is 1. The fraction of sp³-hybridized carbons (Fsp3) is 0.111. The molecule has 2 amide bonds. The molecule has 0 atom stereocenters. The van der Waals surface area contributed by atoms with Crippen molar-refractivity contribution in [2.75, 3.05) is 12.4 Å². The molecule has 3 N–H and O–H groups in total. The summed E-state index contributed by atoms with van der Waals surface area (Å²) in [6.45, 7) is 1.81. The van der Waals surface area contributed by atoms with Crippen LogP contribution in [0.2, 0.25) is 0 Å². The van der Waals surface area contributed by atoms with E-state index in [4.69, 9.17) is 14.9 Å². The topological polar surface area (TPSA) is 94.6 Å². The highest BCUT2D eigenvalue weighted by Gasteiger charge is 2.18. The highest BCUT2D eigenvalue weighted by atomic mass is 16.5. The number of hydrogen-bond acceptors (Lipinski definition) is 4. The Morgan fingerprint density at radius 3 is 2.67 bits per heavy atom. The molecule has 6 heteroatoms. The van der Waals surface area contributed by atoms with E-state index in [0.717, 1.165) is 5.39 Å². The zero-order chi connectivity index (χ0) is 17.3. The molecule has 1 heterocycles. The van der Waals surface area contributed by atoms with Crippen LogP contribution in [-0.2, 0) is 0 Å². The van der Waals surface area contributed by atoms with Crippen LogP contribution in [0.15, 0.2) is 46.9 Å². The van der Waals surface area contributed by atoms with Crippen molar-refractivity contribution in [1.29, 1.82) is 0 Å². The number of methoxy groups -OCH3 is 1. The lowest BCUT2D eigenvalue weighted by Crippen LogP contribution is -2.14. The second-order valence-electron chi connectivity index (χ2n) is 5.32. The Labute approximate surface area is 138 Å². The minimum atomic E-state index is -0.557. The van der Waals surface area contributed by atoms with Gasteiger partial charge in [0.2, 0.25) is 5.91 Å². The largest absolute Gasteiger partial charge is 0.497 e. The summed E-state index contributed by atoms with van der Waals surface area (Å²) in [5.74, 6) is -0.0577. The Bertz CT molecular complexity index is 943. The molecule has 122 valence electrons. The first-order chi connectivity index (χ1) is 11.5. The first-order valence-corrected chi connectivity index (χ1v) is 7.28. The van der Waals surface area contributed by atoms with Crippen LogP contribution in [0.5, 0.6) is 5.75 Å². The number of carbonyl (C=O) groups is 2. The Morgan fingerprint density at radius 1 is 1.17 bits per heavy atom. The molecular formula is C18H16N2O4. The third kappa shape index (κ3) is 2.81. The van der Waals surface area contributed by atoms with E-state index >= 15 is 0 Å². The van der Waals surface area contributed by atoms with Gasteiger partial charge < -0.3 is 20.2 Å². The fourth-order valence-corrected chi connectivity index (χ4v) is 2.48. The predicted molar refractivity (Wildman–Crippen MR) is 90.4 cm³/mol. The maximum atomic E-state index is 12.5. The van der Waals surface area contributed by atoms with Gasteiger partial charge in [-0.15, -0.1) is 0 Å². The molecule has 0 unspecified atom stereocenters. The summed E-state index contributed by atoms with van der Waals surface area (Å²) in [4.78, 5) is 23.7. The summed E-state index contributed by atoms with van der Waals surface area (Å²) in [7, 11) is 1.58. The van der Waals surface area contributed by atoms with Crippen LogP contribution in [0.3, 0.4) is 0 Å². The normalized spacial score (nSPS) is 10.6. The van der Waals surface area contributed by atoms with E-state index in [1.165, 1.54) is 6.07 Å². The number of hydrogen-bond donors (Lipinski definition) is 2. The lowest BCUT2D eigenvalue weighted by Gasteiger charge is -2.05. The predicted octanol–water partition coefficient (Wildman–Crippen LogP) is 3.10. The van der Waals surface area contributed by atoms with Crippen LogP contribution in [0.4, 0.5) is 5.69 Å². The first-order valence-electron chi connectivity index (χ1n) is 7.28. The average Bonchev–Trinajstić information content (AvgIpc) is 2.91. The minimum absolute atomic E-state index is 0.211. The van der Waals surface area contributed by atoms with Crippen LogP contribution in [0, 0.1) is 6.92 Å². The number of rotatable bonds is 4. The molecule has 0 spiro atoms. The van der Waals surface area contributed by atoms with Crippen molar-refractivity contribution in [2.24, 2.45) is 5.73 Å². The number of aryl methyl sites for hydroxylation is 1. The van der Waals surface area contributed by atoms with Gasteiger partial charge in [0.1, 0.15) is 11.3 Å². The van der Waals surface area contributed by atoms with Crippen molar-refractivity contribution in [3.05, 3.63) is 59.4 Å². The zero-order valence-electron chi connectivity index (χ0n) is 13.3. The number of furan rings is 1. The SMILES string of the molecule is COc1ccc2oc(C(=O)Nc3cccc(C(N)=O)c3)c(C)c2c1. The van der Waals surface area contributed by atoms with Crippen LogP contribution >= 0.6 is 0 Å². The summed E-state index contributed by atoms with van der Waals surface area (Å²) >= 11 is 0. The lowest BCUT2D eigenvalue weighted by atomic mass is 10.1. The molecule has 3 aromatic rings. The van der Waals surface area contributed by atoms with Gasteiger partial charge >= 0.3 is 0 Å². The van der Waals surface area contributed by atoms with Gasteiger partial charge in [-0.25, -0.2) is 0 Å². The second kappa shape index (κ2) is 6.08. The Balaban J connectivity index is 1.93. The van der Waals surface area contributed by atoms with E-state index in [-0.39, 0.29) is 5.76 Å². The second-order valence-corrected chi connectivity index (χ2v) is 5.32. The fourth-order valence-electron chi connectivity index (χ4n) is 2.48. The van der Waals surface area contributed by atoms with Crippen molar-refractivity contribution in [2.45, 2.75) is 6.92 Å². The molecule has 24 heavy (non-hydrogen) atoms. The van der Waals surface area contributed by atoms with Crippen LogP contribution in [0.25, 0.3) is 11.0 Å². The molecule has 0 aliphatic heterocycles. The maximum Gasteiger partial charge on any atom is 0.291 e. The number of benzene rings is 2. The van der Waals surface area contributed by atoms with E-state index in [1.807, 2.05) is 6.07 Å². The summed E-state index contributed by atoms with van der Waals surface area (Å²) < 4.78 is 10.8. The molecule has 0 radical (unpaired) electrons. The van der Waals surface area contributed by atoms with E-state index in [9.17, 15) is 9.59 Å². The van der Waals surface area contributed by atoms with Gasteiger partial charge in [-0.2, -0.15) is 0 Å². The van der Waals surface area contributed by atoms with Gasteiger partial charge in [-0.05, 0) is 43.3 Å². The minimum Gasteiger partial charge on any atom is -0.497 e. The van der Waals surface area contributed by atoms with Crippen molar-refractivity contribution >= 4 is 28.5 Å². The summed E-state index contributed by atoms with van der Waals surface area (Å²) in [6.07, 6.45) is 0. The number of fused-ring (bicyclic) bond motifs is 1. The number of carbonyl (C=O) groups excluding carboxylic acids is 2. The third-order valence-corrected chi connectivity index (χ3v) is 3.75. The summed E-state index contributed by atoms with van der Waals surface area (Å²) in [5, 5.41) is 3.52. The standard InChI is InChI=1S/C18H16N2O4/c1-10-14-9-13(23-2)6-7-15(14)24-16(10)18(22)20-12-5-3-4-11(8-12)17(19)21/h3-9H,1-2H3,(H2,19,21)(H,20,22). The maximum absolute atomic E-state index is 12.5. The summed E-state index contributed by atoms with van der Waals surface area (Å²) in [6, 6.07) is 11.8. The van der Waals surface area contributed by atoms with Crippen molar-refractivity contribution < 1.29 is 18.7 Å². The molecule has 0 fully saturated rings. The van der Waals surface area contributed by atoms with E-state index in [0.29, 0.717) is 28.1 Å². The highest BCUT2D eigenvalue weighted by Crippen LogP contribution is 2.29. The summed E-state index contributed by atoms with van der Waals surface area (Å²) in [5.41, 5.74) is 7.35. The molecule has 0 bridgehead atoms. The van der Waals surface area contributed by atoms with Crippen molar-refractivity contribution in [3.63, 3.8) is 0 Å². The van der Waals surface area contributed by atoms with Crippen molar-refractivity contribution in [3.8, 4) is 5.75 Å². The molecular weight excluding hydrogens is 308 g/mol. The molecule has 1 aromatic heterocycles. The number of nitrogens with one attached hydrogen (secondary N) is 1. The highest BCUT2D eigenvalue weighted by molar-refractivity contribution is 6.07. The van der Waals surface area contributed by atoms with Gasteiger partial charge in [0.05, 0.1) is 7.11 Å². The molecule has 0 aliphatic carbocycles. The molecule has 6 nitrogen and oxygen atoms in total. The quantitative estimate of drug-likeness (QED) is 0.771. The first kappa shape index (κ1) is 15.6. The van der Waals surface area contributed by atoms with Crippen LogP contribution in [0.1, 0.15) is 26.5 Å². The number of amides is 2.